The molecule has 21 heavy (non-hydrogen) atoms. The normalized spacial score (nSPS) is 17.5. The van der Waals surface area contributed by atoms with Gasteiger partial charge in [0, 0.05) is 31.7 Å². The van der Waals surface area contributed by atoms with Crippen molar-refractivity contribution in [2.24, 2.45) is 0 Å². The van der Waals surface area contributed by atoms with E-state index in [1.807, 2.05) is 39.8 Å². The lowest BCUT2D eigenvalue weighted by Gasteiger charge is -2.32. The van der Waals surface area contributed by atoms with Gasteiger partial charge in [-0.1, -0.05) is 0 Å². The van der Waals surface area contributed by atoms with E-state index < -0.39 is 0 Å². The number of Topliss-reactive ketones (excluding diaryl/α,β-unsaturated/α-hetero) is 1. The molecule has 1 aliphatic heterocycles. The summed E-state index contributed by atoms with van der Waals surface area (Å²) in [6, 6.07) is 3.76. The number of hydrogen-bond acceptors (Lipinski definition) is 4. The third-order valence-corrected chi connectivity index (χ3v) is 4.38. The summed E-state index contributed by atoms with van der Waals surface area (Å²) in [6.45, 7) is 12.4. The summed E-state index contributed by atoms with van der Waals surface area (Å²) >= 11 is 0. The number of benzene rings is 1. The van der Waals surface area contributed by atoms with Crippen LogP contribution in [0.2, 0.25) is 0 Å². The standard InChI is InChI=1S/C17H26N2O2/c1-5-21-16-7-6-15(12(2)13(16)3)17(20)14(4)19-10-8-18-9-11-19/h6-7,14,18H,5,8-11H2,1-4H3. The van der Waals surface area contributed by atoms with Crippen LogP contribution in [0.25, 0.3) is 0 Å². The molecule has 0 amide bonds. The van der Waals surface area contributed by atoms with Crippen LogP contribution in [0.15, 0.2) is 12.1 Å². The molecule has 1 unspecified atom stereocenters. The van der Waals surface area contributed by atoms with Crippen molar-refractivity contribution in [1.82, 2.24) is 10.2 Å². The van der Waals surface area contributed by atoms with Crippen molar-refractivity contribution in [3.63, 3.8) is 0 Å². The second-order valence-corrected chi connectivity index (χ2v) is 5.62. The Hall–Kier alpha value is -1.39. The molecule has 1 saturated heterocycles. The molecule has 4 heteroatoms. The Balaban J connectivity index is 2.20. The van der Waals surface area contributed by atoms with Gasteiger partial charge in [0.2, 0.25) is 0 Å². The molecule has 1 aliphatic rings. The molecule has 0 aromatic heterocycles. The molecule has 1 fully saturated rings. The Labute approximate surface area is 127 Å². The number of rotatable bonds is 5. The number of nitrogens with one attached hydrogen (secondary N) is 1. The lowest BCUT2D eigenvalue weighted by molar-refractivity contribution is 0.0819. The van der Waals surface area contributed by atoms with Crippen LogP contribution in [0.4, 0.5) is 0 Å². The first kappa shape index (κ1) is 16.0. The van der Waals surface area contributed by atoms with Crippen LogP contribution in [0, 0.1) is 13.8 Å². The first-order valence-corrected chi connectivity index (χ1v) is 7.78. The molecule has 1 heterocycles. The molecular formula is C17H26N2O2. The molecule has 1 aromatic carbocycles. The molecule has 1 N–H and O–H groups in total. The van der Waals surface area contributed by atoms with E-state index in [4.69, 9.17) is 4.74 Å². The highest BCUT2D eigenvalue weighted by Crippen LogP contribution is 2.25. The zero-order valence-electron chi connectivity index (χ0n) is 13.5. The summed E-state index contributed by atoms with van der Waals surface area (Å²) in [5.41, 5.74) is 2.92. The minimum Gasteiger partial charge on any atom is -0.494 e. The average Bonchev–Trinajstić information content (AvgIpc) is 2.52. The fourth-order valence-electron chi connectivity index (χ4n) is 2.83. The summed E-state index contributed by atoms with van der Waals surface area (Å²) < 4.78 is 5.60. The minimum absolute atomic E-state index is 0.0665. The summed E-state index contributed by atoms with van der Waals surface area (Å²) in [4.78, 5) is 15.0. The zero-order valence-corrected chi connectivity index (χ0v) is 13.5. The van der Waals surface area contributed by atoms with Crippen molar-refractivity contribution in [2.75, 3.05) is 32.8 Å². The first-order valence-electron chi connectivity index (χ1n) is 7.78. The molecule has 4 nitrogen and oxygen atoms in total. The third-order valence-electron chi connectivity index (χ3n) is 4.38. The maximum atomic E-state index is 12.8. The van der Waals surface area contributed by atoms with Gasteiger partial charge >= 0.3 is 0 Å². The lowest BCUT2D eigenvalue weighted by Crippen LogP contribution is -2.50. The predicted molar refractivity (Wildman–Crippen MR) is 85.3 cm³/mol. The average molecular weight is 290 g/mol. The highest BCUT2D eigenvalue weighted by atomic mass is 16.5. The van der Waals surface area contributed by atoms with Gasteiger partial charge in [0.05, 0.1) is 12.6 Å². The van der Waals surface area contributed by atoms with E-state index in [0.717, 1.165) is 48.6 Å². The Kier molecular flexibility index (Phi) is 5.37. The lowest BCUT2D eigenvalue weighted by atomic mass is 9.95. The van der Waals surface area contributed by atoms with Crippen molar-refractivity contribution in [2.45, 2.75) is 33.7 Å². The molecule has 1 atom stereocenters. The zero-order chi connectivity index (χ0) is 15.4. The number of piperazine rings is 1. The molecule has 0 saturated carbocycles. The number of carbonyl (C=O) groups excluding carboxylic acids is 1. The van der Waals surface area contributed by atoms with Crippen molar-refractivity contribution >= 4 is 5.78 Å². The van der Waals surface area contributed by atoms with Crippen molar-refractivity contribution < 1.29 is 9.53 Å². The van der Waals surface area contributed by atoms with E-state index in [-0.39, 0.29) is 11.8 Å². The van der Waals surface area contributed by atoms with Crippen LogP contribution in [-0.4, -0.2) is 49.5 Å². The van der Waals surface area contributed by atoms with Gasteiger partial charge < -0.3 is 10.1 Å². The molecule has 0 aliphatic carbocycles. The second kappa shape index (κ2) is 7.05. The van der Waals surface area contributed by atoms with E-state index in [9.17, 15) is 4.79 Å². The van der Waals surface area contributed by atoms with Crippen molar-refractivity contribution in [1.29, 1.82) is 0 Å². The van der Waals surface area contributed by atoms with E-state index in [0.29, 0.717) is 6.61 Å². The molecule has 1 aromatic rings. The van der Waals surface area contributed by atoms with Gasteiger partial charge in [-0.2, -0.15) is 0 Å². The topological polar surface area (TPSA) is 41.6 Å². The van der Waals surface area contributed by atoms with Gasteiger partial charge in [0.1, 0.15) is 5.75 Å². The number of carbonyl (C=O) groups is 1. The molecule has 0 radical (unpaired) electrons. The van der Waals surface area contributed by atoms with Gasteiger partial charge in [-0.05, 0) is 51.0 Å². The van der Waals surface area contributed by atoms with Gasteiger partial charge in [-0.15, -0.1) is 0 Å². The summed E-state index contributed by atoms with van der Waals surface area (Å²) in [7, 11) is 0. The first-order chi connectivity index (χ1) is 10.1. The Morgan fingerprint density at radius 2 is 1.95 bits per heavy atom. The number of hydrogen-bond donors (Lipinski definition) is 1. The molecule has 0 spiro atoms. The van der Waals surface area contributed by atoms with Crippen LogP contribution < -0.4 is 10.1 Å². The minimum atomic E-state index is -0.0665. The molecule has 2 rings (SSSR count). The van der Waals surface area contributed by atoms with E-state index >= 15 is 0 Å². The van der Waals surface area contributed by atoms with Crippen LogP contribution >= 0.6 is 0 Å². The van der Waals surface area contributed by atoms with Crippen LogP contribution in [0.1, 0.15) is 35.3 Å². The molecular weight excluding hydrogens is 264 g/mol. The third kappa shape index (κ3) is 3.44. The van der Waals surface area contributed by atoms with Gasteiger partial charge in [0.25, 0.3) is 0 Å². The molecule has 0 bridgehead atoms. The van der Waals surface area contributed by atoms with Gasteiger partial charge in [0.15, 0.2) is 5.78 Å². The van der Waals surface area contributed by atoms with E-state index in [2.05, 4.69) is 10.2 Å². The van der Waals surface area contributed by atoms with Gasteiger partial charge in [-0.3, -0.25) is 9.69 Å². The Morgan fingerprint density at radius 3 is 2.57 bits per heavy atom. The smallest absolute Gasteiger partial charge is 0.179 e. The summed E-state index contributed by atoms with van der Waals surface area (Å²) in [6.07, 6.45) is 0. The molecule has 116 valence electrons. The largest absolute Gasteiger partial charge is 0.494 e. The summed E-state index contributed by atoms with van der Waals surface area (Å²) in [5.74, 6) is 1.09. The predicted octanol–water partition coefficient (Wildman–Crippen LogP) is 2.18. The SMILES string of the molecule is CCOc1ccc(C(=O)C(C)N2CCNCC2)c(C)c1C. The van der Waals surface area contributed by atoms with Crippen molar-refractivity contribution in [3.8, 4) is 5.75 Å². The van der Waals surface area contributed by atoms with Crippen LogP contribution in [0.5, 0.6) is 5.75 Å². The summed E-state index contributed by atoms with van der Waals surface area (Å²) in [5, 5.41) is 3.32. The van der Waals surface area contributed by atoms with Gasteiger partial charge in [-0.25, -0.2) is 0 Å². The van der Waals surface area contributed by atoms with Crippen molar-refractivity contribution in [3.05, 3.63) is 28.8 Å². The number of nitrogens with zero attached hydrogens (tertiary/aromatic N) is 1. The van der Waals surface area contributed by atoms with Crippen LogP contribution in [0.3, 0.4) is 0 Å². The number of ether oxygens (including phenoxy) is 1. The Morgan fingerprint density at radius 1 is 1.29 bits per heavy atom. The monoisotopic (exact) mass is 290 g/mol. The fraction of sp³-hybridized carbons (Fsp3) is 0.588. The highest BCUT2D eigenvalue weighted by Gasteiger charge is 2.25. The second-order valence-electron chi connectivity index (χ2n) is 5.62. The quantitative estimate of drug-likeness (QED) is 0.844. The van der Waals surface area contributed by atoms with E-state index in [1.54, 1.807) is 0 Å². The van der Waals surface area contributed by atoms with Crippen LogP contribution in [-0.2, 0) is 0 Å². The maximum absolute atomic E-state index is 12.8. The maximum Gasteiger partial charge on any atom is 0.179 e. The number of ketones is 1. The van der Waals surface area contributed by atoms with E-state index in [1.165, 1.54) is 0 Å². The Bertz CT molecular complexity index is 508. The highest BCUT2D eigenvalue weighted by molar-refractivity contribution is 6.01. The fourth-order valence-corrected chi connectivity index (χ4v) is 2.83.